The first-order valence-corrected chi connectivity index (χ1v) is 7.89. The molecule has 0 fully saturated rings. The summed E-state index contributed by atoms with van der Waals surface area (Å²) in [4.78, 5) is 13.4. The summed E-state index contributed by atoms with van der Waals surface area (Å²) in [5.41, 5.74) is 2.97. The van der Waals surface area contributed by atoms with Crippen molar-refractivity contribution in [3.05, 3.63) is 52.4 Å². The topological polar surface area (TPSA) is 41.6 Å². The molecule has 19 heavy (non-hydrogen) atoms. The predicted molar refractivity (Wildman–Crippen MR) is 82.6 cm³/mol. The van der Waals surface area contributed by atoms with Gasteiger partial charge in [0.1, 0.15) is 11.3 Å². The van der Waals surface area contributed by atoms with Crippen LogP contribution in [0.15, 0.2) is 45.9 Å². The highest BCUT2D eigenvalue weighted by Gasteiger charge is 2.05. The molecule has 0 bridgehead atoms. The van der Waals surface area contributed by atoms with E-state index in [-0.39, 0.29) is 0 Å². The molecule has 5 heteroatoms. The molecule has 0 aliphatic carbocycles. The van der Waals surface area contributed by atoms with Crippen molar-refractivity contribution in [3.8, 4) is 0 Å². The summed E-state index contributed by atoms with van der Waals surface area (Å²) in [6.45, 7) is 0. The van der Waals surface area contributed by atoms with Crippen LogP contribution in [0.5, 0.6) is 0 Å². The van der Waals surface area contributed by atoms with Gasteiger partial charge in [0, 0.05) is 22.0 Å². The average molecular weight is 334 g/mol. The van der Waals surface area contributed by atoms with Gasteiger partial charge in [-0.3, -0.25) is 0 Å². The molecule has 0 spiro atoms. The fourth-order valence-electron chi connectivity index (χ4n) is 1.94. The molecule has 3 aromatic rings. The van der Waals surface area contributed by atoms with Crippen molar-refractivity contribution in [2.45, 2.75) is 11.3 Å². The highest BCUT2D eigenvalue weighted by atomic mass is 79.9. The molecule has 96 valence electrons. The van der Waals surface area contributed by atoms with Gasteiger partial charge in [-0.2, -0.15) is 0 Å². The fourth-order valence-corrected chi connectivity index (χ4v) is 2.67. The summed E-state index contributed by atoms with van der Waals surface area (Å²) in [6.07, 6.45) is 4.65. The predicted octanol–water partition coefficient (Wildman–Crippen LogP) is 4.03. The number of benzene rings is 1. The minimum absolute atomic E-state index is 0.794. The second kappa shape index (κ2) is 5.35. The normalized spacial score (nSPS) is 11.1. The third-order valence-corrected chi connectivity index (χ3v) is 4.06. The number of aromatic amines is 1. The highest BCUT2D eigenvalue weighted by molar-refractivity contribution is 9.10. The lowest BCUT2D eigenvalue weighted by molar-refractivity contribution is 1.03. The summed E-state index contributed by atoms with van der Waals surface area (Å²) in [7, 11) is 0. The zero-order valence-electron chi connectivity index (χ0n) is 10.4. The van der Waals surface area contributed by atoms with Gasteiger partial charge in [0.05, 0.1) is 0 Å². The number of H-pyrrole nitrogens is 1. The smallest absolute Gasteiger partial charge is 0.157 e. The molecular weight excluding hydrogens is 322 g/mol. The van der Waals surface area contributed by atoms with Gasteiger partial charge in [0.25, 0.3) is 0 Å². The van der Waals surface area contributed by atoms with Gasteiger partial charge in [-0.25, -0.2) is 9.97 Å². The van der Waals surface area contributed by atoms with E-state index in [0.29, 0.717) is 0 Å². The van der Waals surface area contributed by atoms with Gasteiger partial charge >= 0.3 is 0 Å². The lowest BCUT2D eigenvalue weighted by atomic mass is 10.1. The first-order valence-electron chi connectivity index (χ1n) is 5.87. The minimum atomic E-state index is 0.794. The van der Waals surface area contributed by atoms with Crippen molar-refractivity contribution in [1.82, 2.24) is 15.0 Å². The standard InChI is InChI=1S/C14H12BrN3S/c1-19-11-4-2-9(3-5-11)6-13-17-12-7-10(15)8-16-14(12)18-13/h2-5,7-8H,6H2,1H3,(H,16,17,18). The molecule has 0 saturated heterocycles. The maximum absolute atomic E-state index is 4.56. The van der Waals surface area contributed by atoms with E-state index < -0.39 is 0 Å². The van der Waals surface area contributed by atoms with Gasteiger partial charge < -0.3 is 4.98 Å². The molecule has 3 nitrogen and oxygen atoms in total. The van der Waals surface area contributed by atoms with Crippen LogP contribution in [0.2, 0.25) is 0 Å². The number of hydrogen-bond donors (Lipinski definition) is 1. The Morgan fingerprint density at radius 1 is 1.26 bits per heavy atom. The lowest BCUT2D eigenvalue weighted by Gasteiger charge is -2.00. The lowest BCUT2D eigenvalue weighted by Crippen LogP contribution is -1.90. The number of nitrogens with one attached hydrogen (secondary N) is 1. The maximum Gasteiger partial charge on any atom is 0.157 e. The first kappa shape index (κ1) is 12.7. The maximum atomic E-state index is 4.56. The van der Waals surface area contributed by atoms with E-state index in [2.05, 4.69) is 61.4 Å². The number of hydrogen-bond acceptors (Lipinski definition) is 3. The molecule has 1 N–H and O–H groups in total. The summed E-state index contributed by atoms with van der Waals surface area (Å²) in [5.74, 6) is 0.942. The number of fused-ring (bicyclic) bond motifs is 1. The van der Waals surface area contributed by atoms with Crippen molar-refractivity contribution < 1.29 is 0 Å². The number of imidazole rings is 1. The van der Waals surface area contributed by atoms with E-state index in [1.54, 1.807) is 18.0 Å². The Hall–Kier alpha value is -1.33. The number of thioether (sulfide) groups is 1. The number of halogens is 1. The van der Waals surface area contributed by atoms with Crippen molar-refractivity contribution in [1.29, 1.82) is 0 Å². The molecule has 0 aliphatic rings. The van der Waals surface area contributed by atoms with Crippen LogP contribution in [-0.2, 0) is 6.42 Å². The van der Waals surface area contributed by atoms with Crippen molar-refractivity contribution >= 4 is 38.9 Å². The number of rotatable bonds is 3. The molecule has 2 aromatic heterocycles. The van der Waals surface area contributed by atoms with E-state index >= 15 is 0 Å². The largest absolute Gasteiger partial charge is 0.326 e. The molecule has 0 atom stereocenters. The van der Waals surface area contributed by atoms with E-state index in [1.807, 2.05) is 6.07 Å². The monoisotopic (exact) mass is 333 g/mol. The Bertz CT molecular complexity index is 706. The third kappa shape index (κ3) is 2.82. The van der Waals surface area contributed by atoms with Crippen molar-refractivity contribution in [2.75, 3.05) is 6.26 Å². The SMILES string of the molecule is CSc1ccc(Cc2nc3cc(Br)cnc3[nH]2)cc1. The molecule has 0 radical (unpaired) electrons. The number of aromatic nitrogens is 3. The van der Waals surface area contributed by atoms with Crippen LogP contribution in [0, 0.1) is 0 Å². The van der Waals surface area contributed by atoms with Crippen LogP contribution < -0.4 is 0 Å². The minimum Gasteiger partial charge on any atom is -0.326 e. The fraction of sp³-hybridized carbons (Fsp3) is 0.143. The molecule has 0 aliphatic heterocycles. The van der Waals surface area contributed by atoms with Gasteiger partial charge in [-0.1, -0.05) is 12.1 Å². The average Bonchev–Trinajstić information content (AvgIpc) is 2.81. The second-order valence-corrected chi connectivity index (χ2v) is 6.02. The summed E-state index contributed by atoms with van der Waals surface area (Å²) in [6, 6.07) is 10.5. The molecule has 0 unspecified atom stereocenters. The van der Waals surface area contributed by atoms with Crippen LogP contribution in [-0.4, -0.2) is 21.2 Å². The molecular formula is C14H12BrN3S. The first-order chi connectivity index (χ1) is 9.24. The summed E-state index contributed by atoms with van der Waals surface area (Å²) >= 11 is 5.16. The van der Waals surface area contributed by atoms with Crippen LogP contribution >= 0.6 is 27.7 Å². The van der Waals surface area contributed by atoms with E-state index in [1.165, 1.54) is 10.5 Å². The van der Waals surface area contributed by atoms with Crippen LogP contribution in [0.4, 0.5) is 0 Å². The van der Waals surface area contributed by atoms with Gasteiger partial charge in [-0.05, 0) is 45.9 Å². The Labute approximate surface area is 124 Å². The molecule has 0 amide bonds. The summed E-state index contributed by atoms with van der Waals surface area (Å²) < 4.78 is 0.947. The second-order valence-electron chi connectivity index (χ2n) is 4.23. The third-order valence-electron chi connectivity index (χ3n) is 2.88. The Morgan fingerprint density at radius 3 is 2.79 bits per heavy atom. The van der Waals surface area contributed by atoms with Crippen molar-refractivity contribution in [3.63, 3.8) is 0 Å². The van der Waals surface area contributed by atoms with E-state index in [9.17, 15) is 0 Å². The molecule has 1 aromatic carbocycles. The van der Waals surface area contributed by atoms with Crippen LogP contribution in [0.25, 0.3) is 11.2 Å². The molecule has 2 heterocycles. The number of pyridine rings is 1. The summed E-state index contributed by atoms with van der Waals surface area (Å²) in [5, 5.41) is 0. The zero-order chi connectivity index (χ0) is 13.2. The molecule has 3 rings (SSSR count). The van der Waals surface area contributed by atoms with Crippen molar-refractivity contribution in [2.24, 2.45) is 0 Å². The van der Waals surface area contributed by atoms with Crippen LogP contribution in [0.3, 0.4) is 0 Å². The van der Waals surface area contributed by atoms with Gasteiger partial charge in [0.2, 0.25) is 0 Å². The number of nitrogens with zero attached hydrogens (tertiary/aromatic N) is 2. The Balaban J connectivity index is 1.87. The Kier molecular flexibility index (Phi) is 3.57. The van der Waals surface area contributed by atoms with Gasteiger partial charge in [0.15, 0.2) is 5.65 Å². The van der Waals surface area contributed by atoms with Crippen LogP contribution in [0.1, 0.15) is 11.4 Å². The molecule has 0 saturated carbocycles. The Morgan fingerprint density at radius 2 is 2.05 bits per heavy atom. The van der Waals surface area contributed by atoms with E-state index in [0.717, 1.165) is 27.9 Å². The van der Waals surface area contributed by atoms with E-state index in [4.69, 9.17) is 0 Å². The quantitative estimate of drug-likeness (QED) is 0.735. The van der Waals surface area contributed by atoms with Gasteiger partial charge in [-0.15, -0.1) is 11.8 Å². The zero-order valence-corrected chi connectivity index (χ0v) is 12.8. The highest BCUT2D eigenvalue weighted by Crippen LogP contribution is 2.18.